The third-order valence-electron chi connectivity index (χ3n) is 8.98. The molecule has 3 heterocycles. The van der Waals surface area contributed by atoms with Gasteiger partial charge in [0.25, 0.3) is 5.91 Å². The molecular formula is C35H34Cl2F3N5O2. The molecule has 0 radical (unpaired) electrons. The molecule has 47 heavy (non-hydrogen) atoms. The fourth-order valence-electron chi connectivity index (χ4n) is 6.52. The normalized spacial score (nSPS) is 16.7. The Balaban J connectivity index is 1.17. The van der Waals surface area contributed by atoms with Crippen LogP contribution in [-0.2, 0) is 12.7 Å². The average molecular weight is 685 g/mol. The van der Waals surface area contributed by atoms with E-state index < -0.39 is 28.5 Å². The number of carbonyl (C=O) groups excluding carboxylic acids is 2. The zero-order chi connectivity index (χ0) is 33.1. The first-order chi connectivity index (χ1) is 22.6. The highest BCUT2D eigenvalue weighted by Crippen LogP contribution is 2.38. The molecule has 3 aromatic carbocycles. The van der Waals surface area contributed by atoms with Crippen LogP contribution in [0.1, 0.15) is 69.5 Å². The van der Waals surface area contributed by atoms with Gasteiger partial charge >= 0.3 is 6.18 Å². The van der Waals surface area contributed by atoms with Crippen molar-refractivity contribution in [3.05, 3.63) is 105 Å². The van der Waals surface area contributed by atoms with Crippen molar-refractivity contribution in [1.82, 2.24) is 20.0 Å². The molecule has 0 spiro atoms. The smallest absolute Gasteiger partial charge is 0.321 e. The minimum Gasteiger partial charge on any atom is -0.321 e. The summed E-state index contributed by atoms with van der Waals surface area (Å²) in [6, 6.07) is 15.9. The van der Waals surface area contributed by atoms with Gasteiger partial charge in [-0.05, 0) is 99.9 Å². The fraction of sp³-hybridized carbons (Fsp3) is 0.343. The second kappa shape index (κ2) is 14.2. The Kier molecular flexibility index (Phi) is 10.0. The Labute approximate surface area is 281 Å². The van der Waals surface area contributed by atoms with Gasteiger partial charge in [0.15, 0.2) is 5.78 Å². The standard InChI is InChI=1S/C35H34Cl2F3N5O2/c36-25-8-10-31(27(19-25)33(46)28-20-41-43-32(28)23-7-9-30(37)29(18-23)35(38,39)40)42-34(47)24-6-4-5-22(17-24)21-44-15-11-26(12-16-44)45-13-2-1-3-14-45/h4-10,17-20,26H,1-3,11-16,21H2,(H,41,43)(H,42,47). The van der Waals surface area contributed by atoms with E-state index >= 15 is 0 Å². The number of aromatic amines is 1. The van der Waals surface area contributed by atoms with Crippen molar-refractivity contribution in [2.75, 3.05) is 31.5 Å². The maximum absolute atomic E-state index is 13.8. The number of piperidine rings is 2. The van der Waals surface area contributed by atoms with Crippen LogP contribution < -0.4 is 5.32 Å². The van der Waals surface area contributed by atoms with Gasteiger partial charge in [-0.3, -0.25) is 19.6 Å². The highest BCUT2D eigenvalue weighted by Gasteiger charge is 2.34. The topological polar surface area (TPSA) is 81.3 Å². The Morgan fingerprint density at radius 1 is 0.915 bits per heavy atom. The quantitative estimate of drug-likeness (QED) is 0.183. The van der Waals surface area contributed by atoms with Crippen molar-refractivity contribution in [3.63, 3.8) is 0 Å². The number of nitrogens with zero attached hydrogens (tertiary/aromatic N) is 3. The summed E-state index contributed by atoms with van der Waals surface area (Å²) >= 11 is 12.0. The summed E-state index contributed by atoms with van der Waals surface area (Å²) in [4.78, 5) is 32.4. The number of amides is 1. The minimum atomic E-state index is -4.69. The van der Waals surface area contributed by atoms with Gasteiger partial charge in [-0.1, -0.05) is 47.8 Å². The van der Waals surface area contributed by atoms with E-state index in [1.807, 2.05) is 18.2 Å². The lowest BCUT2D eigenvalue weighted by molar-refractivity contribution is -0.137. The molecule has 1 amide bonds. The molecule has 0 saturated carbocycles. The zero-order valence-electron chi connectivity index (χ0n) is 25.5. The Morgan fingerprint density at radius 2 is 1.68 bits per heavy atom. The maximum Gasteiger partial charge on any atom is 0.417 e. The van der Waals surface area contributed by atoms with Crippen molar-refractivity contribution >= 4 is 40.6 Å². The number of rotatable bonds is 8. The van der Waals surface area contributed by atoms with Crippen LogP contribution in [0.15, 0.2) is 66.9 Å². The van der Waals surface area contributed by atoms with Gasteiger partial charge in [0.05, 0.1) is 33.7 Å². The van der Waals surface area contributed by atoms with E-state index in [2.05, 4.69) is 25.3 Å². The van der Waals surface area contributed by atoms with Crippen molar-refractivity contribution in [2.45, 2.75) is 50.9 Å². The van der Waals surface area contributed by atoms with Gasteiger partial charge in [-0.25, -0.2) is 0 Å². The molecule has 0 aliphatic carbocycles. The van der Waals surface area contributed by atoms with Gasteiger partial charge in [0.1, 0.15) is 0 Å². The van der Waals surface area contributed by atoms with Gasteiger partial charge in [-0.15, -0.1) is 0 Å². The van der Waals surface area contributed by atoms with E-state index in [-0.39, 0.29) is 33.1 Å². The van der Waals surface area contributed by atoms with E-state index in [4.69, 9.17) is 23.2 Å². The van der Waals surface area contributed by atoms with Gasteiger partial charge in [0.2, 0.25) is 0 Å². The molecule has 2 fully saturated rings. The Hall–Kier alpha value is -3.70. The van der Waals surface area contributed by atoms with Crippen LogP contribution in [0.3, 0.4) is 0 Å². The number of anilines is 1. The van der Waals surface area contributed by atoms with Crippen LogP contribution in [0.5, 0.6) is 0 Å². The van der Waals surface area contributed by atoms with Gasteiger partial charge < -0.3 is 10.2 Å². The van der Waals surface area contributed by atoms with Crippen LogP contribution in [-0.4, -0.2) is 63.9 Å². The SMILES string of the molecule is O=C(Nc1ccc(Cl)cc1C(=O)c1cn[nH]c1-c1ccc(Cl)c(C(F)(F)F)c1)c1cccc(CN2CCC(N3CCCCC3)CC2)c1. The fourth-order valence-corrected chi connectivity index (χ4v) is 6.92. The van der Waals surface area contributed by atoms with E-state index in [0.717, 1.165) is 50.2 Å². The molecule has 2 saturated heterocycles. The molecule has 0 bridgehead atoms. The van der Waals surface area contributed by atoms with Crippen molar-refractivity contribution in [3.8, 4) is 11.3 Å². The number of benzene rings is 3. The molecule has 6 rings (SSSR count). The number of hydrogen-bond donors (Lipinski definition) is 2. The summed E-state index contributed by atoms with van der Waals surface area (Å²) in [5.74, 6) is -0.997. The van der Waals surface area contributed by atoms with Crippen molar-refractivity contribution in [1.29, 1.82) is 0 Å². The van der Waals surface area contributed by atoms with Crippen LogP contribution in [0.25, 0.3) is 11.3 Å². The Bertz CT molecular complexity index is 1760. The second-order valence-electron chi connectivity index (χ2n) is 12.1. The van der Waals surface area contributed by atoms with Crippen LogP contribution in [0.2, 0.25) is 10.0 Å². The number of H-pyrrole nitrogens is 1. The first-order valence-corrected chi connectivity index (χ1v) is 16.4. The monoisotopic (exact) mass is 683 g/mol. The predicted molar refractivity (Wildman–Crippen MR) is 177 cm³/mol. The average Bonchev–Trinajstić information content (AvgIpc) is 3.56. The van der Waals surface area contributed by atoms with Crippen molar-refractivity contribution < 1.29 is 22.8 Å². The van der Waals surface area contributed by atoms with E-state index in [9.17, 15) is 22.8 Å². The molecule has 0 unspecified atom stereocenters. The number of hydrogen-bond acceptors (Lipinski definition) is 5. The number of likely N-dealkylation sites (tertiary alicyclic amines) is 2. The Morgan fingerprint density at radius 3 is 2.43 bits per heavy atom. The molecule has 4 aromatic rings. The molecule has 2 aliphatic heterocycles. The third-order valence-corrected chi connectivity index (χ3v) is 9.54. The van der Waals surface area contributed by atoms with Gasteiger partial charge in [-0.2, -0.15) is 18.3 Å². The summed E-state index contributed by atoms with van der Waals surface area (Å²) in [5, 5.41) is 9.15. The lowest BCUT2D eigenvalue weighted by Gasteiger charge is -2.40. The molecule has 7 nitrogen and oxygen atoms in total. The molecule has 2 aliphatic rings. The highest BCUT2D eigenvalue weighted by atomic mass is 35.5. The molecular weight excluding hydrogens is 650 g/mol. The highest BCUT2D eigenvalue weighted by molar-refractivity contribution is 6.32. The summed E-state index contributed by atoms with van der Waals surface area (Å²) in [7, 11) is 0. The first kappa shape index (κ1) is 33.2. The van der Waals surface area contributed by atoms with Crippen LogP contribution in [0.4, 0.5) is 18.9 Å². The zero-order valence-corrected chi connectivity index (χ0v) is 27.1. The lowest BCUT2D eigenvalue weighted by Crippen LogP contribution is -2.46. The predicted octanol–water partition coefficient (Wildman–Crippen LogP) is 8.34. The summed E-state index contributed by atoms with van der Waals surface area (Å²) < 4.78 is 40.6. The largest absolute Gasteiger partial charge is 0.417 e. The summed E-state index contributed by atoms with van der Waals surface area (Å²) in [6.07, 6.45) is 2.75. The molecule has 246 valence electrons. The number of halogens is 5. The van der Waals surface area contributed by atoms with Crippen molar-refractivity contribution in [2.24, 2.45) is 0 Å². The van der Waals surface area contributed by atoms with E-state index in [1.54, 1.807) is 12.1 Å². The van der Waals surface area contributed by atoms with Crippen LogP contribution >= 0.6 is 23.2 Å². The first-order valence-electron chi connectivity index (χ1n) is 15.7. The lowest BCUT2D eigenvalue weighted by atomic mass is 9.98. The number of carbonyl (C=O) groups is 2. The molecule has 2 N–H and O–H groups in total. The molecule has 0 atom stereocenters. The number of aromatic nitrogens is 2. The summed E-state index contributed by atoms with van der Waals surface area (Å²) in [5.41, 5.74) is 0.827. The van der Waals surface area contributed by atoms with Gasteiger partial charge in [0, 0.05) is 34.3 Å². The number of nitrogens with one attached hydrogen (secondary N) is 2. The van der Waals surface area contributed by atoms with E-state index in [0.29, 0.717) is 11.6 Å². The van der Waals surface area contributed by atoms with E-state index in [1.165, 1.54) is 56.7 Å². The minimum absolute atomic E-state index is 0.00395. The second-order valence-corrected chi connectivity index (χ2v) is 13.0. The third kappa shape index (κ3) is 7.73. The molecule has 12 heteroatoms. The number of alkyl halides is 3. The van der Waals surface area contributed by atoms with Crippen LogP contribution in [0, 0.1) is 0 Å². The maximum atomic E-state index is 13.8. The molecule has 1 aromatic heterocycles. The number of ketones is 1. The summed E-state index contributed by atoms with van der Waals surface area (Å²) in [6.45, 7) is 5.17.